The number of halogens is 1. The lowest BCUT2D eigenvalue weighted by atomic mass is 10.3. The Morgan fingerprint density at radius 3 is 2.79 bits per heavy atom. The van der Waals surface area contributed by atoms with Crippen LogP contribution in [0.1, 0.15) is 21.1 Å². The predicted octanol–water partition coefficient (Wildman–Crippen LogP) is 4.26. The van der Waals surface area contributed by atoms with Crippen molar-refractivity contribution >= 4 is 51.5 Å². The van der Waals surface area contributed by atoms with Gasteiger partial charge in [0.15, 0.2) is 10.3 Å². The van der Waals surface area contributed by atoms with Crippen LogP contribution in [0.25, 0.3) is 5.65 Å². The summed E-state index contributed by atoms with van der Waals surface area (Å²) in [7, 11) is 0. The molecule has 0 saturated heterocycles. The molecule has 0 fully saturated rings. The van der Waals surface area contributed by atoms with Crippen molar-refractivity contribution < 1.29 is 4.79 Å². The Labute approximate surface area is 169 Å². The number of anilines is 2. The summed E-state index contributed by atoms with van der Waals surface area (Å²) in [5.41, 5.74) is 5.21. The summed E-state index contributed by atoms with van der Waals surface area (Å²) < 4.78 is 1.72. The van der Waals surface area contributed by atoms with Gasteiger partial charge in [-0.15, -0.1) is 0 Å². The third kappa shape index (κ3) is 3.73. The van der Waals surface area contributed by atoms with Crippen LogP contribution in [0.5, 0.6) is 0 Å². The zero-order chi connectivity index (χ0) is 19.5. The van der Waals surface area contributed by atoms with Crippen LogP contribution in [0.4, 0.5) is 10.8 Å². The number of hydrogen-bond donors (Lipinski definition) is 2. The van der Waals surface area contributed by atoms with Gasteiger partial charge in [0.25, 0.3) is 5.91 Å². The van der Waals surface area contributed by atoms with Crippen LogP contribution in [0.2, 0.25) is 5.15 Å². The second-order valence-corrected chi connectivity index (χ2v) is 7.23. The van der Waals surface area contributed by atoms with Gasteiger partial charge in [-0.2, -0.15) is 5.10 Å². The average Bonchev–Trinajstić information content (AvgIpc) is 3.21. The number of para-hydroxylation sites is 1. The molecule has 3 heterocycles. The number of rotatable bonds is 5. The van der Waals surface area contributed by atoms with E-state index in [-0.39, 0.29) is 5.91 Å². The first kappa shape index (κ1) is 18.1. The van der Waals surface area contributed by atoms with Crippen LogP contribution >= 0.6 is 22.9 Å². The van der Waals surface area contributed by atoms with Crippen molar-refractivity contribution in [2.75, 3.05) is 5.32 Å². The fourth-order valence-electron chi connectivity index (χ4n) is 2.68. The molecule has 0 atom stereocenters. The average molecular weight is 411 g/mol. The Morgan fingerprint density at radius 2 is 1.96 bits per heavy atom. The van der Waals surface area contributed by atoms with Crippen LogP contribution in [0.3, 0.4) is 0 Å². The maximum atomic E-state index is 12.5. The molecule has 0 bridgehead atoms. The van der Waals surface area contributed by atoms with E-state index in [1.807, 2.05) is 48.5 Å². The predicted molar refractivity (Wildman–Crippen MR) is 112 cm³/mol. The highest BCUT2D eigenvalue weighted by atomic mass is 35.5. The number of fused-ring (bicyclic) bond motifs is 1. The third-order valence-corrected chi connectivity index (χ3v) is 5.21. The van der Waals surface area contributed by atoms with Gasteiger partial charge in [-0.25, -0.2) is 15.4 Å². The molecule has 4 rings (SSSR count). The minimum atomic E-state index is -0.351. The minimum absolute atomic E-state index is 0.312. The Morgan fingerprint density at radius 1 is 1.18 bits per heavy atom. The van der Waals surface area contributed by atoms with E-state index in [2.05, 4.69) is 25.8 Å². The first-order chi connectivity index (χ1) is 13.6. The molecule has 0 aliphatic carbocycles. The Balaban J connectivity index is 1.47. The van der Waals surface area contributed by atoms with Gasteiger partial charge in [0, 0.05) is 11.9 Å². The molecule has 0 aliphatic rings. The molecule has 2 N–H and O–H groups in total. The minimum Gasteiger partial charge on any atom is -0.331 e. The fourth-order valence-corrected chi connectivity index (χ4v) is 3.73. The molecular formula is C19H15ClN6OS. The molecule has 3 aromatic heterocycles. The summed E-state index contributed by atoms with van der Waals surface area (Å²) >= 11 is 7.51. The number of aryl methyl sites for hydroxylation is 1. The normalized spacial score (nSPS) is 11.2. The molecule has 7 nitrogen and oxygen atoms in total. The number of nitrogens with zero attached hydrogens (tertiary/aromatic N) is 4. The van der Waals surface area contributed by atoms with Gasteiger partial charge < -0.3 is 5.32 Å². The van der Waals surface area contributed by atoms with Gasteiger partial charge in [-0.3, -0.25) is 9.20 Å². The van der Waals surface area contributed by atoms with E-state index in [4.69, 9.17) is 11.6 Å². The van der Waals surface area contributed by atoms with Crippen molar-refractivity contribution in [2.45, 2.75) is 6.92 Å². The van der Waals surface area contributed by atoms with Crippen LogP contribution in [0.15, 0.2) is 59.8 Å². The summed E-state index contributed by atoms with van der Waals surface area (Å²) in [6, 6.07) is 15.2. The quantitative estimate of drug-likeness (QED) is 0.380. The molecular weight excluding hydrogens is 396 g/mol. The van der Waals surface area contributed by atoms with Gasteiger partial charge in [0.2, 0.25) is 0 Å². The molecule has 0 saturated carbocycles. The second kappa shape index (κ2) is 7.79. The molecule has 0 aliphatic heterocycles. The van der Waals surface area contributed by atoms with E-state index >= 15 is 0 Å². The number of imidazole rings is 1. The number of amides is 1. The summed E-state index contributed by atoms with van der Waals surface area (Å²) in [4.78, 5) is 21.8. The number of thiazole rings is 1. The monoisotopic (exact) mass is 410 g/mol. The number of hydrogen-bond acceptors (Lipinski definition) is 6. The van der Waals surface area contributed by atoms with E-state index in [1.54, 1.807) is 17.5 Å². The van der Waals surface area contributed by atoms with Gasteiger partial charge in [-0.05, 0) is 31.2 Å². The van der Waals surface area contributed by atoms with Crippen molar-refractivity contribution in [2.24, 2.45) is 5.10 Å². The van der Waals surface area contributed by atoms with Crippen LogP contribution in [0, 0.1) is 6.92 Å². The number of carbonyl (C=O) groups excluding carboxylic acids is 1. The lowest BCUT2D eigenvalue weighted by Crippen LogP contribution is -2.20. The van der Waals surface area contributed by atoms with Gasteiger partial charge in [0.1, 0.15) is 11.3 Å². The molecule has 1 amide bonds. The molecule has 0 spiro atoms. The summed E-state index contributed by atoms with van der Waals surface area (Å²) in [6.45, 7) is 1.78. The first-order valence-corrected chi connectivity index (χ1v) is 9.57. The number of hydrazone groups is 1. The number of pyridine rings is 1. The molecule has 0 radical (unpaired) electrons. The highest BCUT2D eigenvalue weighted by Gasteiger charge is 2.15. The van der Waals surface area contributed by atoms with Crippen molar-refractivity contribution in [3.8, 4) is 0 Å². The molecule has 9 heteroatoms. The maximum absolute atomic E-state index is 12.5. The number of benzene rings is 1. The van der Waals surface area contributed by atoms with Gasteiger partial charge >= 0.3 is 0 Å². The van der Waals surface area contributed by atoms with Gasteiger partial charge in [0.05, 0.1) is 16.8 Å². The van der Waals surface area contributed by atoms with Crippen LogP contribution < -0.4 is 10.7 Å². The second-order valence-electron chi connectivity index (χ2n) is 5.84. The SMILES string of the molecule is Cc1nc2ccccn2c1C(=O)N/N=C/c1sc(Nc2ccccc2)nc1Cl. The molecule has 1 aromatic carbocycles. The molecule has 140 valence electrons. The van der Waals surface area contributed by atoms with E-state index in [9.17, 15) is 4.79 Å². The van der Waals surface area contributed by atoms with Crippen molar-refractivity contribution in [3.05, 3.63) is 76.1 Å². The molecule has 0 unspecified atom stereocenters. The summed E-state index contributed by atoms with van der Waals surface area (Å²) in [5, 5.41) is 8.15. The third-order valence-electron chi connectivity index (χ3n) is 3.90. The van der Waals surface area contributed by atoms with E-state index in [0.29, 0.717) is 32.2 Å². The highest BCUT2D eigenvalue weighted by Crippen LogP contribution is 2.27. The van der Waals surface area contributed by atoms with Gasteiger partial charge in [-0.1, -0.05) is 47.2 Å². The van der Waals surface area contributed by atoms with E-state index < -0.39 is 0 Å². The lowest BCUT2D eigenvalue weighted by Gasteiger charge is -2.01. The van der Waals surface area contributed by atoms with Crippen molar-refractivity contribution in [1.29, 1.82) is 0 Å². The van der Waals surface area contributed by atoms with E-state index in [1.165, 1.54) is 17.6 Å². The zero-order valence-electron chi connectivity index (χ0n) is 14.8. The smallest absolute Gasteiger partial charge is 0.290 e. The number of nitrogens with one attached hydrogen (secondary N) is 2. The van der Waals surface area contributed by atoms with Crippen LogP contribution in [-0.4, -0.2) is 26.5 Å². The van der Waals surface area contributed by atoms with Crippen molar-refractivity contribution in [3.63, 3.8) is 0 Å². The zero-order valence-corrected chi connectivity index (χ0v) is 16.3. The lowest BCUT2D eigenvalue weighted by molar-refractivity contribution is 0.0948. The topological polar surface area (TPSA) is 83.7 Å². The summed E-state index contributed by atoms with van der Waals surface area (Å²) in [5.74, 6) is -0.351. The number of carbonyl (C=O) groups is 1. The molecule has 4 aromatic rings. The fraction of sp³-hybridized carbons (Fsp3) is 0.0526. The van der Waals surface area contributed by atoms with Crippen molar-refractivity contribution in [1.82, 2.24) is 19.8 Å². The largest absolute Gasteiger partial charge is 0.331 e. The Kier molecular flexibility index (Phi) is 5.05. The Hall–Kier alpha value is -3.23. The highest BCUT2D eigenvalue weighted by molar-refractivity contribution is 7.17. The Bertz CT molecular complexity index is 1170. The first-order valence-electron chi connectivity index (χ1n) is 8.37. The standard InChI is InChI=1S/C19H15ClN6OS/c1-12-16(26-10-6-5-9-15(26)22-12)18(27)25-21-11-14-17(20)24-19(28-14)23-13-7-3-2-4-8-13/h2-11H,1H3,(H,23,24)(H,25,27)/b21-11+. The molecule has 28 heavy (non-hydrogen) atoms. The van der Waals surface area contributed by atoms with E-state index in [0.717, 1.165) is 5.69 Å². The summed E-state index contributed by atoms with van der Waals surface area (Å²) in [6.07, 6.45) is 3.27. The maximum Gasteiger partial charge on any atom is 0.290 e. The van der Waals surface area contributed by atoms with Crippen LogP contribution in [-0.2, 0) is 0 Å². The number of aromatic nitrogens is 3.